The summed E-state index contributed by atoms with van der Waals surface area (Å²) in [5, 5.41) is 0.902. The maximum atomic E-state index is 11.8. The fraction of sp³-hybridized carbons (Fsp3) is 0.526. The lowest BCUT2D eigenvalue weighted by Gasteiger charge is -2.34. The van der Waals surface area contributed by atoms with Crippen molar-refractivity contribution in [1.29, 1.82) is 0 Å². The molecule has 2 heterocycles. The van der Waals surface area contributed by atoms with Gasteiger partial charge in [-0.15, -0.1) is 0 Å². The van der Waals surface area contributed by atoms with Gasteiger partial charge < -0.3 is 9.64 Å². The van der Waals surface area contributed by atoms with E-state index in [4.69, 9.17) is 4.74 Å². The molecule has 0 bridgehead atoms. The molecule has 142 valence electrons. The minimum absolute atomic E-state index is 0.340. The lowest BCUT2D eigenvalue weighted by atomic mass is 9.98. The molecule has 6 nitrogen and oxygen atoms in total. The zero-order valence-corrected chi connectivity index (χ0v) is 16.8. The molecule has 1 N–H and O–H groups in total. The number of anilines is 1. The first-order chi connectivity index (χ1) is 12.7. The van der Waals surface area contributed by atoms with Crippen molar-refractivity contribution in [2.24, 2.45) is 5.92 Å². The van der Waals surface area contributed by atoms with E-state index >= 15 is 0 Å². The van der Waals surface area contributed by atoms with Crippen molar-refractivity contribution in [2.75, 3.05) is 37.9 Å². The number of hydrogen-bond acceptors (Lipinski definition) is 7. The molecule has 2 aromatic rings. The van der Waals surface area contributed by atoms with Gasteiger partial charge in [0, 0.05) is 25.0 Å². The van der Waals surface area contributed by atoms with E-state index in [0.717, 1.165) is 42.8 Å². The first-order valence-corrected chi connectivity index (χ1v) is 10.3. The molecule has 0 saturated carbocycles. The number of hydrogen-bond donors (Lipinski definition) is 1. The van der Waals surface area contributed by atoms with Gasteiger partial charge in [0.25, 0.3) is 0 Å². The number of nitrogens with one attached hydrogen (secondary N) is 1. The van der Waals surface area contributed by atoms with Crippen molar-refractivity contribution in [3.8, 4) is 0 Å². The summed E-state index contributed by atoms with van der Waals surface area (Å²) in [6.07, 6.45) is 6.01. The monoisotopic (exact) mass is 376 g/mol. The Kier molecular flexibility index (Phi) is 8.12. The van der Waals surface area contributed by atoms with Crippen LogP contribution in [0, 0.1) is 5.92 Å². The summed E-state index contributed by atoms with van der Waals surface area (Å²) in [6.45, 7) is 6.93. The molecule has 0 aliphatic carbocycles. The zero-order chi connectivity index (χ0) is 18.9. The number of ether oxygens (including phenoxy) is 1. The van der Waals surface area contributed by atoms with Crippen molar-refractivity contribution in [1.82, 2.24) is 14.7 Å². The van der Waals surface area contributed by atoms with Crippen LogP contribution < -0.4 is 9.62 Å². The van der Waals surface area contributed by atoms with Crippen LogP contribution in [0.1, 0.15) is 37.0 Å². The van der Waals surface area contributed by atoms with E-state index in [0.29, 0.717) is 11.5 Å². The van der Waals surface area contributed by atoms with E-state index in [-0.39, 0.29) is 5.97 Å². The topological polar surface area (TPSA) is 67.3 Å². The number of esters is 1. The SMILES string of the molecule is CC.COC(=O)c1ccc2ncnc(N3CCCC(CNSC)C3)c2c1. The Balaban J connectivity index is 0.00000117. The number of piperidine rings is 1. The van der Waals surface area contributed by atoms with Crippen LogP contribution in [0.3, 0.4) is 0 Å². The van der Waals surface area contributed by atoms with E-state index in [9.17, 15) is 4.79 Å². The largest absolute Gasteiger partial charge is 0.465 e. The summed E-state index contributed by atoms with van der Waals surface area (Å²) < 4.78 is 8.18. The first-order valence-electron chi connectivity index (χ1n) is 9.06. The third kappa shape index (κ3) is 4.86. The van der Waals surface area contributed by atoms with Gasteiger partial charge >= 0.3 is 5.97 Å². The summed E-state index contributed by atoms with van der Waals surface area (Å²) in [4.78, 5) is 23.0. The Bertz CT molecular complexity index is 726. The molecule has 1 saturated heterocycles. The van der Waals surface area contributed by atoms with Crippen LogP contribution in [0.15, 0.2) is 24.5 Å². The second-order valence-corrected chi connectivity index (χ2v) is 6.62. The Hall–Kier alpha value is -1.86. The zero-order valence-electron chi connectivity index (χ0n) is 16.0. The quantitative estimate of drug-likeness (QED) is 0.632. The van der Waals surface area contributed by atoms with E-state index in [1.807, 2.05) is 32.2 Å². The standard InChI is InChI=1S/C17H22N4O2S.C2H6/c1-23-17(22)13-5-6-15-14(8-13)16(19-11-18-15)21-7-3-4-12(10-21)9-20-24-2;1-2/h5-6,8,11-12,20H,3-4,7,9-10H2,1-2H3;1-2H3. The summed E-state index contributed by atoms with van der Waals surface area (Å²) in [7, 11) is 1.39. The molecule has 1 unspecified atom stereocenters. The summed E-state index contributed by atoms with van der Waals surface area (Å²) in [5.41, 5.74) is 1.37. The lowest BCUT2D eigenvalue weighted by molar-refractivity contribution is 0.0601. The van der Waals surface area contributed by atoms with Crippen LogP contribution in [0.25, 0.3) is 10.9 Å². The predicted molar refractivity (Wildman–Crippen MR) is 109 cm³/mol. The number of fused-ring (bicyclic) bond motifs is 1. The average Bonchev–Trinajstić information content (AvgIpc) is 2.72. The van der Waals surface area contributed by atoms with Crippen molar-refractivity contribution >= 4 is 34.6 Å². The van der Waals surface area contributed by atoms with E-state index in [2.05, 4.69) is 19.6 Å². The van der Waals surface area contributed by atoms with E-state index in [1.165, 1.54) is 13.5 Å². The second kappa shape index (κ2) is 10.3. The van der Waals surface area contributed by atoms with Gasteiger partial charge in [0.05, 0.1) is 18.2 Å². The highest BCUT2D eigenvalue weighted by molar-refractivity contribution is 7.96. The van der Waals surface area contributed by atoms with Gasteiger partial charge in [0.15, 0.2) is 0 Å². The Morgan fingerprint density at radius 3 is 2.92 bits per heavy atom. The Morgan fingerprint density at radius 1 is 1.38 bits per heavy atom. The highest BCUT2D eigenvalue weighted by Gasteiger charge is 2.22. The number of carbonyl (C=O) groups is 1. The van der Waals surface area contributed by atoms with Crippen molar-refractivity contribution in [2.45, 2.75) is 26.7 Å². The predicted octanol–water partition coefficient (Wildman–Crippen LogP) is 3.53. The third-order valence-corrected chi connectivity index (χ3v) is 4.83. The van der Waals surface area contributed by atoms with Gasteiger partial charge in [0.2, 0.25) is 0 Å². The maximum Gasteiger partial charge on any atom is 0.337 e. The molecule has 1 atom stereocenters. The molecular formula is C19H28N4O2S. The molecule has 1 aromatic heterocycles. The van der Waals surface area contributed by atoms with Crippen LogP contribution in [-0.2, 0) is 4.74 Å². The number of aromatic nitrogens is 2. The van der Waals surface area contributed by atoms with Crippen molar-refractivity contribution in [3.63, 3.8) is 0 Å². The third-order valence-electron chi connectivity index (χ3n) is 4.37. The summed E-state index contributed by atoms with van der Waals surface area (Å²) >= 11 is 1.66. The number of rotatable bonds is 5. The summed E-state index contributed by atoms with van der Waals surface area (Å²) in [6, 6.07) is 5.43. The van der Waals surface area contributed by atoms with Gasteiger partial charge in [-0.2, -0.15) is 0 Å². The lowest BCUT2D eigenvalue weighted by Crippen LogP contribution is -2.39. The number of methoxy groups -OCH3 is 1. The average molecular weight is 377 g/mol. The molecule has 3 rings (SSSR count). The van der Waals surface area contributed by atoms with E-state index < -0.39 is 0 Å². The van der Waals surface area contributed by atoms with Crippen LogP contribution in [0.5, 0.6) is 0 Å². The molecule has 1 aliphatic heterocycles. The molecular weight excluding hydrogens is 348 g/mol. The van der Waals surface area contributed by atoms with Crippen LogP contribution in [0.2, 0.25) is 0 Å². The Labute approximate surface area is 159 Å². The smallest absolute Gasteiger partial charge is 0.337 e. The number of carbonyl (C=O) groups excluding carboxylic acids is 1. The van der Waals surface area contributed by atoms with Crippen molar-refractivity contribution < 1.29 is 9.53 Å². The molecule has 1 fully saturated rings. The van der Waals surface area contributed by atoms with Gasteiger partial charge in [-0.1, -0.05) is 25.8 Å². The van der Waals surface area contributed by atoms with Crippen LogP contribution in [-0.4, -0.2) is 48.9 Å². The van der Waals surface area contributed by atoms with E-state index in [1.54, 1.807) is 24.3 Å². The number of nitrogens with zero attached hydrogens (tertiary/aromatic N) is 3. The van der Waals surface area contributed by atoms with Gasteiger partial charge in [0.1, 0.15) is 12.1 Å². The number of benzene rings is 1. The minimum atomic E-state index is -0.340. The summed E-state index contributed by atoms with van der Waals surface area (Å²) in [5.74, 6) is 1.16. The molecule has 26 heavy (non-hydrogen) atoms. The fourth-order valence-electron chi connectivity index (χ4n) is 3.17. The Morgan fingerprint density at radius 2 is 2.19 bits per heavy atom. The minimum Gasteiger partial charge on any atom is -0.465 e. The normalized spacial score (nSPS) is 16.8. The van der Waals surface area contributed by atoms with Gasteiger partial charge in [-0.3, -0.25) is 4.72 Å². The highest BCUT2D eigenvalue weighted by atomic mass is 32.2. The molecule has 0 radical (unpaired) electrons. The van der Waals surface area contributed by atoms with Crippen molar-refractivity contribution in [3.05, 3.63) is 30.1 Å². The van der Waals surface area contributed by atoms with Crippen LogP contribution in [0.4, 0.5) is 5.82 Å². The molecule has 0 amide bonds. The molecule has 1 aliphatic rings. The van der Waals surface area contributed by atoms with Gasteiger partial charge in [-0.25, -0.2) is 14.8 Å². The molecule has 1 aromatic carbocycles. The van der Waals surface area contributed by atoms with Gasteiger partial charge in [-0.05, 0) is 43.2 Å². The molecule has 0 spiro atoms. The highest BCUT2D eigenvalue weighted by Crippen LogP contribution is 2.28. The maximum absolute atomic E-state index is 11.8. The van der Waals surface area contributed by atoms with Crippen LogP contribution >= 0.6 is 11.9 Å². The fourth-order valence-corrected chi connectivity index (χ4v) is 3.57. The first kappa shape index (κ1) is 20.5. The molecule has 7 heteroatoms. The second-order valence-electron chi connectivity index (χ2n) is 5.93.